The van der Waals surface area contributed by atoms with Crippen LogP contribution in [-0.4, -0.2) is 42.3 Å². The lowest BCUT2D eigenvalue weighted by Gasteiger charge is -2.13. The minimum atomic E-state index is -0.269. The first-order valence-corrected chi connectivity index (χ1v) is 10.4. The number of aryl methyl sites for hydroxylation is 1. The molecule has 1 N–H and O–H groups in total. The van der Waals surface area contributed by atoms with E-state index in [1.54, 1.807) is 29.2 Å². The summed E-state index contributed by atoms with van der Waals surface area (Å²) in [5.74, 6) is 0.971. The zero-order valence-electron chi connectivity index (χ0n) is 18.0. The molecule has 0 bridgehead atoms. The molecule has 1 aliphatic heterocycles. The molecule has 0 fully saturated rings. The number of anilines is 1. The van der Waals surface area contributed by atoms with Crippen LogP contribution in [0, 0.1) is 12.7 Å². The van der Waals surface area contributed by atoms with Crippen LogP contribution < -0.4 is 14.8 Å². The van der Waals surface area contributed by atoms with Gasteiger partial charge in [0.2, 0.25) is 5.95 Å². The fourth-order valence-electron chi connectivity index (χ4n) is 3.79. The molecule has 0 aliphatic carbocycles. The molecule has 1 aromatic carbocycles. The Morgan fingerprint density at radius 3 is 2.88 bits per heavy atom. The lowest BCUT2D eigenvalue weighted by Crippen LogP contribution is -2.10. The molecule has 5 rings (SSSR count). The van der Waals surface area contributed by atoms with Crippen molar-refractivity contribution in [3.8, 4) is 22.9 Å². The van der Waals surface area contributed by atoms with Gasteiger partial charge < -0.3 is 14.8 Å². The zero-order valence-corrected chi connectivity index (χ0v) is 18.0. The average molecular weight is 435 g/mol. The first kappa shape index (κ1) is 20.1. The van der Waals surface area contributed by atoms with Crippen LogP contribution in [0.25, 0.3) is 16.8 Å². The number of hydrogen-bond donors (Lipinski definition) is 1. The van der Waals surface area contributed by atoms with Gasteiger partial charge in [0.15, 0.2) is 5.65 Å². The first-order chi connectivity index (χ1) is 15.5. The van der Waals surface area contributed by atoms with Gasteiger partial charge in [0.25, 0.3) is 0 Å². The highest BCUT2D eigenvalue weighted by Crippen LogP contribution is 2.31. The molecular formula is C22H22FN7O2. The number of ether oxygens (including phenoxy) is 2. The average Bonchev–Trinajstić information content (AvgIpc) is 3.43. The quantitative estimate of drug-likeness (QED) is 0.492. The largest absolute Gasteiger partial charge is 0.493 e. The number of halogens is 1. The number of aromatic nitrogens is 6. The van der Waals surface area contributed by atoms with Gasteiger partial charge in [-0.3, -0.25) is 4.40 Å². The third-order valence-electron chi connectivity index (χ3n) is 5.29. The van der Waals surface area contributed by atoms with Gasteiger partial charge in [-0.1, -0.05) is 0 Å². The van der Waals surface area contributed by atoms with Crippen molar-refractivity contribution in [2.45, 2.75) is 39.8 Å². The Kier molecular flexibility index (Phi) is 5.04. The zero-order chi connectivity index (χ0) is 22.2. The SMILES string of the molecule is Cc1nc(OC(C)C)ncc1-c1cnc(NCc2c(F)ccc3c2CCO3)n2cnnc12. The molecule has 3 aromatic heterocycles. The summed E-state index contributed by atoms with van der Waals surface area (Å²) in [4.78, 5) is 13.3. The maximum atomic E-state index is 14.5. The van der Waals surface area contributed by atoms with Crippen molar-refractivity contribution in [2.75, 3.05) is 11.9 Å². The van der Waals surface area contributed by atoms with Gasteiger partial charge in [-0.2, -0.15) is 4.98 Å². The second-order valence-corrected chi connectivity index (χ2v) is 7.79. The molecule has 10 heteroatoms. The Hall–Kier alpha value is -3.82. The van der Waals surface area contributed by atoms with Crippen LogP contribution in [0.4, 0.5) is 10.3 Å². The minimum absolute atomic E-state index is 0.0160. The van der Waals surface area contributed by atoms with Crippen LogP contribution in [0.15, 0.2) is 30.9 Å². The number of fused-ring (bicyclic) bond motifs is 2. The lowest BCUT2D eigenvalue weighted by atomic mass is 10.0. The highest BCUT2D eigenvalue weighted by Gasteiger charge is 2.20. The second kappa shape index (κ2) is 8.03. The summed E-state index contributed by atoms with van der Waals surface area (Å²) >= 11 is 0. The molecule has 4 aromatic rings. The van der Waals surface area contributed by atoms with Crippen molar-refractivity contribution in [2.24, 2.45) is 0 Å². The molecule has 1 aliphatic rings. The smallest absolute Gasteiger partial charge is 0.316 e. The van der Waals surface area contributed by atoms with E-state index in [4.69, 9.17) is 9.47 Å². The second-order valence-electron chi connectivity index (χ2n) is 7.79. The summed E-state index contributed by atoms with van der Waals surface area (Å²) in [6.07, 6.45) is 5.62. The topological polar surface area (TPSA) is 99.4 Å². The molecule has 164 valence electrons. The first-order valence-electron chi connectivity index (χ1n) is 10.4. The molecule has 0 saturated carbocycles. The highest BCUT2D eigenvalue weighted by atomic mass is 19.1. The van der Waals surface area contributed by atoms with Crippen LogP contribution in [0.2, 0.25) is 0 Å². The van der Waals surface area contributed by atoms with E-state index >= 15 is 0 Å². The molecule has 0 atom stereocenters. The van der Waals surface area contributed by atoms with Crippen LogP contribution in [-0.2, 0) is 13.0 Å². The molecule has 0 amide bonds. The molecule has 0 spiro atoms. The van der Waals surface area contributed by atoms with Crippen molar-refractivity contribution in [1.82, 2.24) is 29.5 Å². The summed E-state index contributed by atoms with van der Waals surface area (Å²) < 4.78 is 27.3. The number of benzene rings is 1. The maximum Gasteiger partial charge on any atom is 0.316 e. The van der Waals surface area contributed by atoms with Gasteiger partial charge in [-0.25, -0.2) is 14.4 Å². The minimum Gasteiger partial charge on any atom is -0.493 e. The van der Waals surface area contributed by atoms with Gasteiger partial charge in [0, 0.05) is 47.6 Å². The Bertz CT molecular complexity index is 1310. The van der Waals surface area contributed by atoms with Gasteiger partial charge in [0.05, 0.1) is 18.4 Å². The van der Waals surface area contributed by atoms with E-state index in [0.717, 1.165) is 28.1 Å². The standard InChI is InChI=1S/C22H22FN7O2/c1-12(2)32-22-26-8-15(13(3)28-22)17-10-25-21(30-11-27-29-20(17)30)24-9-16-14-6-7-31-19(14)5-4-18(16)23/h4-5,8,10-12H,6-7,9H2,1-3H3,(H,24,25). The molecule has 4 heterocycles. The third kappa shape index (κ3) is 3.57. The van der Waals surface area contributed by atoms with Gasteiger partial charge in [0.1, 0.15) is 17.9 Å². The van der Waals surface area contributed by atoms with Crippen molar-refractivity contribution >= 4 is 11.6 Å². The summed E-state index contributed by atoms with van der Waals surface area (Å²) in [6, 6.07) is 3.43. The van der Waals surface area contributed by atoms with E-state index in [1.807, 2.05) is 20.8 Å². The molecule has 0 saturated heterocycles. The van der Waals surface area contributed by atoms with E-state index in [9.17, 15) is 4.39 Å². The van der Waals surface area contributed by atoms with Crippen LogP contribution in [0.1, 0.15) is 30.7 Å². The summed E-state index contributed by atoms with van der Waals surface area (Å²) in [6.45, 7) is 6.55. The Morgan fingerprint density at radius 2 is 2.06 bits per heavy atom. The molecule has 9 nitrogen and oxygen atoms in total. The van der Waals surface area contributed by atoms with E-state index < -0.39 is 0 Å². The monoisotopic (exact) mass is 435 g/mol. The predicted octanol–water partition coefficient (Wildman–Crippen LogP) is 3.36. The summed E-state index contributed by atoms with van der Waals surface area (Å²) in [5.41, 5.74) is 4.32. The number of rotatable bonds is 6. The third-order valence-corrected chi connectivity index (χ3v) is 5.29. The van der Waals surface area contributed by atoms with Gasteiger partial charge in [-0.15, -0.1) is 10.2 Å². The van der Waals surface area contributed by atoms with Gasteiger partial charge in [-0.05, 0) is 32.9 Å². The molecule has 0 radical (unpaired) electrons. The van der Waals surface area contributed by atoms with Crippen LogP contribution >= 0.6 is 0 Å². The van der Waals surface area contributed by atoms with E-state index in [1.165, 1.54) is 6.07 Å². The van der Waals surface area contributed by atoms with E-state index in [-0.39, 0.29) is 18.5 Å². The van der Waals surface area contributed by atoms with Crippen molar-refractivity contribution in [1.29, 1.82) is 0 Å². The fraction of sp³-hybridized carbons (Fsp3) is 0.318. The number of hydrogen-bond acceptors (Lipinski definition) is 8. The maximum absolute atomic E-state index is 14.5. The van der Waals surface area contributed by atoms with E-state index in [0.29, 0.717) is 36.2 Å². The van der Waals surface area contributed by atoms with Gasteiger partial charge >= 0.3 is 6.01 Å². The van der Waals surface area contributed by atoms with Crippen molar-refractivity contribution in [3.63, 3.8) is 0 Å². The van der Waals surface area contributed by atoms with Crippen LogP contribution in [0.3, 0.4) is 0 Å². The van der Waals surface area contributed by atoms with Crippen molar-refractivity contribution < 1.29 is 13.9 Å². The van der Waals surface area contributed by atoms with Crippen LogP contribution in [0.5, 0.6) is 11.8 Å². The Labute approximate surface area is 183 Å². The highest BCUT2D eigenvalue weighted by molar-refractivity contribution is 5.78. The molecule has 0 unspecified atom stereocenters. The lowest BCUT2D eigenvalue weighted by molar-refractivity contribution is 0.221. The number of nitrogens with zero attached hydrogens (tertiary/aromatic N) is 6. The summed E-state index contributed by atoms with van der Waals surface area (Å²) in [5, 5.41) is 11.5. The van der Waals surface area contributed by atoms with Crippen molar-refractivity contribution in [3.05, 3.63) is 53.5 Å². The Morgan fingerprint density at radius 1 is 1.22 bits per heavy atom. The fourth-order valence-corrected chi connectivity index (χ4v) is 3.79. The Balaban J connectivity index is 1.46. The molecular weight excluding hydrogens is 413 g/mol. The predicted molar refractivity (Wildman–Crippen MR) is 115 cm³/mol. The van der Waals surface area contributed by atoms with E-state index in [2.05, 4.69) is 30.5 Å². The summed E-state index contributed by atoms with van der Waals surface area (Å²) in [7, 11) is 0. The number of nitrogens with one attached hydrogen (secondary N) is 1. The molecule has 32 heavy (non-hydrogen) atoms. The normalized spacial score (nSPS) is 12.8.